The van der Waals surface area contributed by atoms with Gasteiger partial charge in [-0.15, -0.1) is 0 Å². The second kappa shape index (κ2) is 9.21. The Morgan fingerprint density at radius 1 is 0.967 bits per heavy atom. The van der Waals surface area contributed by atoms with Crippen molar-refractivity contribution in [3.05, 3.63) is 65.2 Å². The van der Waals surface area contributed by atoms with E-state index in [0.717, 1.165) is 4.90 Å². The number of rotatable bonds is 8. The quantitative estimate of drug-likeness (QED) is 0.528. The molecule has 0 saturated carbocycles. The lowest BCUT2D eigenvalue weighted by Crippen LogP contribution is -2.35. The molecule has 3 amide bonds. The van der Waals surface area contributed by atoms with E-state index in [1.165, 1.54) is 0 Å². The van der Waals surface area contributed by atoms with Crippen LogP contribution in [-0.2, 0) is 9.53 Å². The molecule has 2 aromatic rings. The summed E-state index contributed by atoms with van der Waals surface area (Å²) in [4.78, 5) is 49.5. The van der Waals surface area contributed by atoms with Crippen molar-refractivity contribution in [2.45, 2.75) is 20.0 Å². The summed E-state index contributed by atoms with van der Waals surface area (Å²) in [6.07, 6.45) is 0.0276. The molecule has 0 fully saturated rings. The number of imide groups is 1. The Morgan fingerprint density at radius 2 is 1.57 bits per heavy atom. The minimum absolute atomic E-state index is 0.0276. The van der Waals surface area contributed by atoms with Crippen molar-refractivity contribution in [2.24, 2.45) is 0 Å². The number of fused-ring (bicyclic) bond motifs is 1. The first-order valence-corrected chi connectivity index (χ1v) is 9.52. The van der Waals surface area contributed by atoms with Gasteiger partial charge in [-0.3, -0.25) is 24.1 Å². The molecule has 0 bridgehead atoms. The Hall–Kier alpha value is -3.68. The number of hydrogen-bond donors (Lipinski definition) is 1. The van der Waals surface area contributed by atoms with Gasteiger partial charge in [-0.25, -0.2) is 0 Å². The number of esters is 1. The number of nitrogens with zero attached hydrogens (tertiary/aromatic N) is 1. The number of carbonyl (C=O) groups excluding carboxylic acids is 4. The van der Waals surface area contributed by atoms with Gasteiger partial charge in [0.25, 0.3) is 17.7 Å². The molecule has 0 aliphatic carbocycles. The van der Waals surface area contributed by atoms with E-state index in [0.29, 0.717) is 22.4 Å². The largest absolute Gasteiger partial charge is 0.491 e. The molecule has 0 unspecified atom stereocenters. The summed E-state index contributed by atoms with van der Waals surface area (Å²) in [5.41, 5.74) is 1.06. The van der Waals surface area contributed by atoms with Gasteiger partial charge >= 0.3 is 5.97 Å². The topological polar surface area (TPSA) is 102 Å². The van der Waals surface area contributed by atoms with Crippen LogP contribution in [0.2, 0.25) is 0 Å². The third-order valence-electron chi connectivity index (χ3n) is 4.34. The molecular weight excluding hydrogens is 388 g/mol. The SMILES string of the molecule is CC(C)Oc1ccc(C(=O)NCC(=O)OCCN2C(=O)c3ccccc3C2=O)cc1. The molecule has 0 aromatic heterocycles. The highest BCUT2D eigenvalue weighted by Gasteiger charge is 2.34. The molecular formula is C22H22N2O6. The zero-order valence-corrected chi connectivity index (χ0v) is 16.7. The molecule has 3 rings (SSSR count). The van der Waals surface area contributed by atoms with Crippen LogP contribution in [0.5, 0.6) is 5.75 Å². The van der Waals surface area contributed by atoms with Crippen LogP contribution in [0.3, 0.4) is 0 Å². The summed E-state index contributed by atoms with van der Waals surface area (Å²) in [6.45, 7) is 3.27. The fourth-order valence-corrected chi connectivity index (χ4v) is 2.96. The number of hydrogen-bond acceptors (Lipinski definition) is 6. The van der Waals surface area contributed by atoms with Gasteiger partial charge < -0.3 is 14.8 Å². The molecule has 1 N–H and O–H groups in total. The van der Waals surface area contributed by atoms with Gasteiger partial charge in [0.05, 0.1) is 23.8 Å². The van der Waals surface area contributed by atoms with Crippen molar-refractivity contribution < 1.29 is 28.7 Å². The molecule has 1 aliphatic rings. The zero-order valence-electron chi connectivity index (χ0n) is 16.7. The summed E-state index contributed by atoms with van der Waals surface area (Å²) in [5, 5.41) is 2.47. The summed E-state index contributed by atoms with van der Waals surface area (Å²) in [5.74, 6) is -1.27. The van der Waals surface area contributed by atoms with E-state index in [1.54, 1.807) is 48.5 Å². The Morgan fingerprint density at radius 3 is 2.13 bits per heavy atom. The molecule has 0 saturated heterocycles. The minimum Gasteiger partial charge on any atom is -0.491 e. The second-order valence-corrected chi connectivity index (χ2v) is 6.90. The predicted molar refractivity (Wildman–Crippen MR) is 107 cm³/mol. The van der Waals surface area contributed by atoms with Gasteiger partial charge in [0.1, 0.15) is 18.9 Å². The smallest absolute Gasteiger partial charge is 0.325 e. The normalized spacial score (nSPS) is 12.7. The van der Waals surface area contributed by atoms with Crippen molar-refractivity contribution in [3.63, 3.8) is 0 Å². The number of carbonyl (C=O) groups is 4. The van der Waals surface area contributed by atoms with Crippen molar-refractivity contribution in [3.8, 4) is 5.75 Å². The van der Waals surface area contributed by atoms with Gasteiger partial charge in [0.15, 0.2) is 0 Å². The molecule has 0 spiro atoms. The van der Waals surface area contributed by atoms with Crippen molar-refractivity contribution in [1.82, 2.24) is 10.2 Å². The van der Waals surface area contributed by atoms with Crippen LogP contribution < -0.4 is 10.1 Å². The number of benzene rings is 2. The van der Waals surface area contributed by atoms with E-state index in [4.69, 9.17) is 9.47 Å². The van der Waals surface area contributed by atoms with Gasteiger partial charge in [-0.05, 0) is 50.2 Å². The maximum Gasteiger partial charge on any atom is 0.325 e. The summed E-state index contributed by atoms with van der Waals surface area (Å²) < 4.78 is 10.5. The van der Waals surface area contributed by atoms with Gasteiger partial charge in [0.2, 0.25) is 0 Å². The first kappa shape index (κ1) is 21.0. The third-order valence-corrected chi connectivity index (χ3v) is 4.34. The average Bonchev–Trinajstić information content (AvgIpc) is 2.97. The van der Waals surface area contributed by atoms with Gasteiger partial charge in [0, 0.05) is 5.56 Å². The highest BCUT2D eigenvalue weighted by molar-refractivity contribution is 6.21. The van der Waals surface area contributed by atoms with Crippen LogP contribution in [0.1, 0.15) is 44.9 Å². The minimum atomic E-state index is -0.667. The van der Waals surface area contributed by atoms with Crippen LogP contribution in [-0.4, -0.2) is 54.4 Å². The van der Waals surface area contributed by atoms with Gasteiger partial charge in [-0.2, -0.15) is 0 Å². The molecule has 1 heterocycles. The molecule has 0 radical (unpaired) electrons. The molecule has 30 heavy (non-hydrogen) atoms. The summed E-state index contributed by atoms with van der Waals surface area (Å²) in [6, 6.07) is 13.1. The Balaban J connectivity index is 1.42. The fourth-order valence-electron chi connectivity index (χ4n) is 2.96. The Bertz CT molecular complexity index is 933. The maximum absolute atomic E-state index is 12.2. The summed E-state index contributed by atoms with van der Waals surface area (Å²) >= 11 is 0. The molecule has 2 aromatic carbocycles. The first-order chi connectivity index (χ1) is 14.4. The number of ether oxygens (including phenoxy) is 2. The fraction of sp³-hybridized carbons (Fsp3) is 0.273. The zero-order chi connectivity index (χ0) is 21.7. The number of nitrogens with one attached hydrogen (secondary N) is 1. The lowest BCUT2D eigenvalue weighted by molar-refractivity contribution is -0.142. The maximum atomic E-state index is 12.2. The van der Waals surface area contributed by atoms with Crippen molar-refractivity contribution in [2.75, 3.05) is 19.7 Å². The van der Waals surface area contributed by atoms with Crippen molar-refractivity contribution >= 4 is 23.7 Å². The highest BCUT2D eigenvalue weighted by atomic mass is 16.5. The third kappa shape index (κ3) is 4.83. The number of amides is 3. The van der Waals surface area contributed by atoms with E-state index >= 15 is 0 Å². The Labute approximate surface area is 173 Å². The molecule has 8 nitrogen and oxygen atoms in total. The monoisotopic (exact) mass is 410 g/mol. The average molecular weight is 410 g/mol. The van der Waals surface area contributed by atoms with E-state index in [2.05, 4.69) is 5.32 Å². The van der Waals surface area contributed by atoms with Crippen molar-refractivity contribution in [1.29, 1.82) is 0 Å². The van der Waals surface area contributed by atoms with E-state index < -0.39 is 23.7 Å². The van der Waals surface area contributed by atoms with Crippen LogP contribution in [0.25, 0.3) is 0 Å². The van der Waals surface area contributed by atoms with E-state index in [1.807, 2.05) is 13.8 Å². The standard InChI is InChI=1S/C22H22N2O6/c1-14(2)30-16-9-7-15(8-10-16)20(26)23-13-19(25)29-12-11-24-21(27)17-5-3-4-6-18(17)22(24)28/h3-10,14H,11-13H2,1-2H3,(H,23,26). The van der Waals surface area contributed by atoms with E-state index in [-0.39, 0.29) is 25.8 Å². The van der Waals surface area contributed by atoms with E-state index in [9.17, 15) is 19.2 Å². The second-order valence-electron chi connectivity index (χ2n) is 6.90. The highest BCUT2D eigenvalue weighted by Crippen LogP contribution is 2.21. The lowest BCUT2D eigenvalue weighted by Gasteiger charge is -2.14. The molecule has 1 aliphatic heterocycles. The van der Waals surface area contributed by atoms with Crippen LogP contribution in [0.4, 0.5) is 0 Å². The summed E-state index contributed by atoms with van der Waals surface area (Å²) in [7, 11) is 0. The van der Waals surface area contributed by atoms with Crippen LogP contribution in [0.15, 0.2) is 48.5 Å². The lowest BCUT2D eigenvalue weighted by atomic mass is 10.1. The van der Waals surface area contributed by atoms with Gasteiger partial charge in [-0.1, -0.05) is 12.1 Å². The molecule has 8 heteroatoms. The van der Waals surface area contributed by atoms with Crippen LogP contribution in [0, 0.1) is 0 Å². The predicted octanol–water partition coefficient (Wildman–Crippen LogP) is 2.04. The molecule has 0 atom stereocenters. The first-order valence-electron chi connectivity index (χ1n) is 9.52. The van der Waals surface area contributed by atoms with Crippen LogP contribution >= 0.6 is 0 Å². The molecule has 156 valence electrons. The Kier molecular flexibility index (Phi) is 6.46.